The van der Waals surface area contributed by atoms with E-state index in [0.717, 1.165) is 0 Å². The Bertz CT molecular complexity index is 357. The van der Waals surface area contributed by atoms with Gasteiger partial charge in [0.15, 0.2) is 0 Å². The average molecular weight is 241 g/mol. The van der Waals surface area contributed by atoms with Crippen molar-refractivity contribution >= 4 is 0 Å². The molecule has 1 N–H and O–H groups in total. The van der Waals surface area contributed by atoms with E-state index in [-0.39, 0.29) is 18.0 Å². The molecule has 2 unspecified atom stereocenters. The van der Waals surface area contributed by atoms with Crippen molar-refractivity contribution in [3.05, 3.63) is 29.6 Å². The zero-order valence-corrected chi connectivity index (χ0v) is 10.8. The summed E-state index contributed by atoms with van der Waals surface area (Å²) in [6.07, 6.45) is -0.0908. The molecule has 4 heteroatoms. The highest BCUT2D eigenvalue weighted by Gasteiger charge is 2.11. The van der Waals surface area contributed by atoms with E-state index in [4.69, 9.17) is 9.47 Å². The Morgan fingerprint density at radius 3 is 2.59 bits per heavy atom. The lowest BCUT2D eigenvalue weighted by Crippen LogP contribution is -2.18. The summed E-state index contributed by atoms with van der Waals surface area (Å²) in [6.45, 7) is 4.27. The van der Waals surface area contributed by atoms with Crippen LogP contribution in [0, 0.1) is 5.82 Å². The van der Waals surface area contributed by atoms with Gasteiger partial charge in [-0.25, -0.2) is 4.39 Å². The van der Waals surface area contributed by atoms with Crippen molar-refractivity contribution in [3.63, 3.8) is 0 Å². The molecule has 0 bridgehead atoms. The molecular weight excluding hydrogens is 221 g/mol. The van der Waals surface area contributed by atoms with Crippen molar-refractivity contribution in [2.75, 3.05) is 20.8 Å². The maximum absolute atomic E-state index is 13.8. The molecule has 0 amide bonds. The van der Waals surface area contributed by atoms with Crippen LogP contribution in [0.4, 0.5) is 4.39 Å². The lowest BCUT2D eigenvalue weighted by Gasteiger charge is -2.16. The van der Waals surface area contributed by atoms with Crippen molar-refractivity contribution in [1.29, 1.82) is 0 Å². The summed E-state index contributed by atoms with van der Waals surface area (Å²) in [5.41, 5.74) is 0.638. The molecule has 1 aromatic rings. The van der Waals surface area contributed by atoms with Crippen LogP contribution in [0.3, 0.4) is 0 Å². The van der Waals surface area contributed by atoms with Gasteiger partial charge in [0.2, 0.25) is 0 Å². The molecule has 0 aliphatic carbocycles. The van der Waals surface area contributed by atoms with Gasteiger partial charge in [-0.1, -0.05) is 6.07 Å². The Labute approximate surface area is 102 Å². The maximum atomic E-state index is 13.8. The third-order valence-electron chi connectivity index (χ3n) is 2.61. The summed E-state index contributed by atoms with van der Waals surface area (Å²) in [6, 6.07) is 4.92. The van der Waals surface area contributed by atoms with E-state index in [1.807, 2.05) is 13.8 Å². The van der Waals surface area contributed by atoms with Gasteiger partial charge in [0, 0.05) is 24.8 Å². The van der Waals surface area contributed by atoms with E-state index in [0.29, 0.717) is 17.9 Å². The van der Waals surface area contributed by atoms with Crippen LogP contribution in [0.1, 0.15) is 25.5 Å². The smallest absolute Gasteiger partial charge is 0.131 e. The van der Waals surface area contributed by atoms with Gasteiger partial charge < -0.3 is 14.8 Å². The average Bonchev–Trinajstić information content (AvgIpc) is 2.28. The van der Waals surface area contributed by atoms with Crippen LogP contribution in [0.25, 0.3) is 0 Å². The van der Waals surface area contributed by atoms with E-state index >= 15 is 0 Å². The number of rotatable bonds is 6. The van der Waals surface area contributed by atoms with Crippen molar-refractivity contribution in [1.82, 2.24) is 5.32 Å². The van der Waals surface area contributed by atoms with Gasteiger partial charge >= 0.3 is 0 Å². The minimum atomic E-state index is -0.256. The standard InChI is InChI=1S/C13H20FNO2/c1-9(8-16-4)17-11-5-6-12(10(2)15-3)13(14)7-11/h5-7,9-10,15H,8H2,1-4H3. The Balaban J connectivity index is 2.75. The molecule has 17 heavy (non-hydrogen) atoms. The number of ether oxygens (including phenoxy) is 2. The molecule has 0 saturated heterocycles. The van der Waals surface area contributed by atoms with Crippen LogP contribution in [0.2, 0.25) is 0 Å². The largest absolute Gasteiger partial charge is 0.488 e. The summed E-state index contributed by atoms with van der Waals surface area (Å²) in [7, 11) is 3.41. The molecule has 0 aromatic heterocycles. The first kappa shape index (κ1) is 13.9. The Morgan fingerprint density at radius 1 is 1.35 bits per heavy atom. The molecule has 0 heterocycles. The van der Waals surface area contributed by atoms with Crippen molar-refractivity contribution in [3.8, 4) is 5.75 Å². The molecule has 96 valence electrons. The quantitative estimate of drug-likeness (QED) is 0.830. The normalized spacial score (nSPS) is 14.4. The van der Waals surface area contributed by atoms with Crippen LogP contribution >= 0.6 is 0 Å². The second kappa shape index (κ2) is 6.57. The molecule has 0 saturated carbocycles. The van der Waals surface area contributed by atoms with Crippen molar-refractivity contribution < 1.29 is 13.9 Å². The highest BCUT2D eigenvalue weighted by atomic mass is 19.1. The van der Waals surface area contributed by atoms with Gasteiger partial charge in [0.05, 0.1) is 6.61 Å². The van der Waals surface area contributed by atoms with Crippen molar-refractivity contribution in [2.24, 2.45) is 0 Å². The Hall–Kier alpha value is -1.13. The van der Waals surface area contributed by atoms with E-state index in [1.165, 1.54) is 6.07 Å². The SMILES string of the molecule is CNC(C)c1ccc(OC(C)COC)cc1F. The van der Waals surface area contributed by atoms with E-state index < -0.39 is 0 Å². The predicted molar refractivity (Wildman–Crippen MR) is 65.8 cm³/mol. The van der Waals surface area contributed by atoms with E-state index in [1.54, 1.807) is 26.3 Å². The van der Waals surface area contributed by atoms with Crippen LogP contribution in [-0.4, -0.2) is 26.9 Å². The first-order valence-corrected chi connectivity index (χ1v) is 5.70. The fourth-order valence-electron chi connectivity index (χ4n) is 1.59. The lowest BCUT2D eigenvalue weighted by molar-refractivity contribution is 0.0918. The summed E-state index contributed by atoms with van der Waals surface area (Å²) < 4.78 is 24.2. The first-order chi connectivity index (χ1) is 8.08. The minimum Gasteiger partial charge on any atom is -0.488 e. The lowest BCUT2D eigenvalue weighted by atomic mass is 10.1. The third-order valence-corrected chi connectivity index (χ3v) is 2.61. The summed E-state index contributed by atoms with van der Waals surface area (Å²) in [5.74, 6) is 0.271. The van der Waals surface area contributed by atoms with Gasteiger partial charge in [0.1, 0.15) is 17.7 Å². The topological polar surface area (TPSA) is 30.5 Å². The van der Waals surface area contributed by atoms with Gasteiger partial charge in [-0.3, -0.25) is 0 Å². The number of benzene rings is 1. The van der Waals surface area contributed by atoms with Crippen LogP contribution in [0.5, 0.6) is 5.75 Å². The minimum absolute atomic E-state index is 0.0135. The number of hydrogen-bond acceptors (Lipinski definition) is 3. The van der Waals surface area contributed by atoms with E-state index in [9.17, 15) is 4.39 Å². The summed E-state index contributed by atoms with van der Waals surface area (Å²) in [5, 5.41) is 3.00. The molecule has 1 rings (SSSR count). The third kappa shape index (κ3) is 3.98. The van der Waals surface area contributed by atoms with Gasteiger partial charge in [0.25, 0.3) is 0 Å². The monoisotopic (exact) mass is 241 g/mol. The van der Waals surface area contributed by atoms with Gasteiger partial charge in [-0.05, 0) is 27.0 Å². The fraction of sp³-hybridized carbons (Fsp3) is 0.538. The van der Waals surface area contributed by atoms with Crippen LogP contribution in [0.15, 0.2) is 18.2 Å². The number of nitrogens with one attached hydrogen (secondary N) is 1. The predicted octanol–water partition coefficient (Wildman–Crippen LogP) is 2.52. The molecule has 0 aliphatic rings. The molecule has 1 aromatic carbocycles. The number of methoxy groups -OCH3 is 1. The summed E-state index contributed by atoms with van der Waals surface area (Å²) >= 11 is 0. The summed E-state index contributed by atoms with van der Waals surface area (Å²) in [4.78, 5) is 0. The zero-order chi connectivity index (χ0) is 12.8. The molecule has 0 aliphatic heterocycles. The molecule has 0 radical (unpaired) electrons. The van der Waals surface area contributed by atoms with Gasteiger partial charge in [-0.15, -0.1) is 0 Å². The Kier molecular flexibility index (Phi) is 5.38. The van der Waals surface area contributed by atoms with Gasteiger partial charge in [-0.2, -0.15) is 0 Å². The second-order valence-electron chi connectivity index (χ2n) is 4.08. The molecule has 0 spiro atoms. The second-order valence-corrected chi connectivity index (χ2v) is 4.08. The highest BCUT2D eigenvalue weighted by molar-refractivity contribution is 5.30. The Morgan fingerprint density at radius 2 is 2.06 bits per heavy atom. The van der Waals surface area contributed by atoms with Crippen molar-refractivity contribution in [2.45, 2.75) is 26.0 Å². The molecule has 0 fully saturated rings. The van der Waals surface area contributed by atoms with E-state index in [2.05, 4.69) is 5.32 Å². The molecule has 3 nitrogen and oxygen atoms in total. The van der Waals surface area contributed by atoms with Crippen LogP contribution < -0.4 is 10.1 Å². The van der Waals surface area contributed by atoms with Crippen LogP contribution in [-0.2, 0) is 4.74 Å². The maximum Gasteiger partial charge on any atom is 0.131 e. The first-order valence-electron chi connectivity index (χ1n) is 5.70. The number of halogens is 1. The fourth-order valence-corrected chi connectivity index (χ4v) is 1.59. The zero-order valence-electron chi connectivity index (χ0n) is 10.8. The molecule has 2 atom stereocenters. The highest BCUT2D eigenvalue weighted by Crippen LogP contribution is 2.22. The molecular formula is C13H20FNO2. The number of hydrogen-bond donors (Lipinski definition) is 1.